The third-order valence-electron chi connectivity index (χ3n) is 3.35. The smallest absolute Gasteiger partial charge is 0.288 e. The molecule has 0 bridgehead atoms. The van der Waals surface area contributed by atoms with Crippen LogP contribution in [0.3, 0.4) is 0 Å². The zero-order valence-electron chi connectivity index (χ0n) is 9.78. The van der Waals surface area contributed by atoms with Gasteiger partial charge in [-0.25, -0.2) is 9.67 Å². The molecule has 7 nitrogen and oxygen atoms in total. The van der Waals surface area contributed by atoms with E-state index in [0.717, 1.165) is 0 Å². The van der Waals surface area contributed by atoms with Gasteiger partial charge in [-0.2, -0.15) is 0 Å². The summed E-state index contributed by atoms with van der Waals surface area (Å²) in [6.45, 7) is 3.99. The fourth-order valence-electron chi connectivity index (χ4n) is 2.05. The molecule has 0 spiro atoms. The van der Waals surface area contributed by atoms with E-state index in [2.05, 4.69) is 10.1 Å². The molecule has 1 aliphatic heterocycles. The zero-order valence-corrected chi connectivity index (χ0v) is 9.78. The average Bonchev–Trinajstić information content (AvgIpc) is 2.87. The number of ether oxygens (including phenoxy) is 1. The summed E-state index contributed by atoms with van der Waals surface area (Å²) in [7, 11) is 0. The second-order valence-electron chi connectivity index (χ2n) is 4.38. The minimum Gasteiger partial charge on any atom is -0.394 e. The molecule has 0 aromatic carbocycles. The van der Waals surface area contributed by atoms with Crippen LogP contribution in [0, 0.1) is 11.8 Å². The van der Waals surface area contributed by atoms with E-state index in [1.165, 1.54) is 11.0 Å². The van der Waals surface area contributed by atoms with Crippen molar-refractivity contribution in [3.05, 3.63) is 12.2 Å². The zero-order chi connectivity index (χ0) is 12.6. The lowest BCUT2D eigenvalue weighted by atomic mass is 9.93. The lowest BCUT2D eigenvalue weighted by molar-refractivity contribution is -0.0413. The van der Waals surface area contributed by atoms with Crippen LogP contribution in [0.2, 0.25) is 0 Å². The second kappa shape index (κ2) is 4.42. The van der Waals surface area contributed by atoms with Gasteiger partial charge in [-0.15, -0.1) is 5.10 Å². The van der Waals surface area contributed by atoms with Crippen molar-refractivity contribution in [1.29, 1.82) is 0 Å². The first-order valence-electron chi connectivity index (χ1n) is 5.52. The van der Waals surface area contributed by atoms with Crippen molar-refractivity contribution in [2.75, 3.05) is 6.61 Å². The molecule has 4 atom stereocenters. The van der Waals surface area contributed by atoms with E-state index in [-0.39, 0.29) is 36.6 Å². The minimum atomic E-state index is -0.666. The maximum absolute atomic E-state index is 10.9. The summed E-state index contributed by atoms with van der Waals surface area (Å²) in [5.74, 6) is -0.303. The van der Waals surface area contributed by atoms with Crippen molar-refractivity contribution in [2.45, 2.75) is 26.2 Å². The largest absolute Gasteiger partial charge is 0.394 e. The van der Waals surface area contributed by atoms with Crippen LogP contribution < -0.4 is 5.73 Å². The number of carbonyl (C=O) groups is 1. The first-order chi connectivity index (χ1) is 8.04. The monoisotopic (exact) mass is 240 g/mol. The van der Waals surface area contributed by atoms with Gasteiger partial charge in [-0.3, -0.25) is 4.79 Å². The highest BCUT2D eigenvalue weighted by atomic mass is 16.5. The molecule has 3 N–H and O–H groups in total. The number of aliphatic hydroxyl groups is 1. The number of hydrogen-bond donors (Lipinski definition) is 2. The Hall–Kier alpha value is -1.47. The van der Waals surface area contributed by atoms with Crippen LogP contribution in [0.25, 0.3) is 0 Å². The van der Waals surface area contributed by atoms with Crippen LogP contribution in [0.15, 0.2) is 6.33 Å². The molecular formula is C10H16N4O3. The van der Waals surface area contributed by atoms with Crippen molar-refractivity contribution >= 4 is 5.91 Å². The van der Waals surface area contributed by atoms with Gasteiger partial charge in [0.2, 0.25) is 5.82 Å². The Morgan fingerprint density at radius 1 is 1.59 bits per heavy atom. The first kappa shape index (κ1) is 12.0. The highest BCUT2D eigenvalue weighted by Crippen LogP contribution is 2.37. The lowest BCUT2D eigenvalue weighted by Crippen LogP contribution is -2.19. The van der Waals surface area contributed by atoms with Gasteiger partial charge in [0.15, 0.2) is 6.23 Å². The van der Waals surface area contributed by atoms with Gasteiger partial charge in [0, 0.05) is 5.92 Å². The molecule has 1 fully saturated rings. The first-order valence-corrected chi connectivity index (χ1v) is 5.52. The summed E-state index contributed by atoms with van der Waals surface area (Å²) in [5, 5.41) is 13.1. The Kier molecular flexibility index (Phi) is 3.12. The average molecular weight is 240 g/mol. The van der Waals surface area contributed by atoms with E-state index >= 15 is 0 Å². The third-order valence-corrected chi connectivity index (χ3v) is 3.35. The Balaban J connectivity index is 2.19. The van der Waals surface area contributed by atoms with E-state index < -0.39 is 5.91 Å². The quantitative estimate of drug-likeness (QED) is 0.744. The Morgan fingerprint density at radius 3 is 2.76 bits per heavy atom. The van der Waals surface area contributed by atoms with Crippen molar-refractivity contribution < 1.29 is 14.6 Å². The Morgan fingerprint density at radius 2 is 2.29 bits per heavy atom. The highest BCUT2D eigenvalue weighted by Gasteiger charge is 2.40. The third kappa shape index (κ3) is 2.03. The molecule has 0 aliphatic carbocycles. The van der Waals surface area contributed by atoms with Crippen LogP contribution in [0.5, 0.6) is 0 Å². The number of hydrogen-bond acceptors (Lipinski definition) is 5. The van der Waals surface area contributed by atoms with Crippen molar-refractivity contribution in [1.82, 2.24) is 14.8 Å². The van der Waals surface area contributed by atoms with E-state index in [1.54, 1.807) is 0 Å². The molecule has 1 aromatic rings. The van der Waals surface area contributed by atoms with Crippen molar-refractivity contribution in [2.24, 2.45) is 17.6 Å². The van der Waals surface area contributed by atoms with Crippen molar-refractivity contribution in [3.63, 3.8) is 0 Å². The van der Waals surface area contributed by atoms with Gasteiger partial charge in [-0.05, 0) is 5.92 Å². The molecule has 7 heteroatoms. The topological polar surface area (TPSA) is 103 Å². The number of aromatic nitrogens is 3. The van der Waals surface area contributed by atoms with E-state index in [4.69, 9.17) is 15.6 Å². The predicted octanol–water partition coefficient (Wildman–Crippen LogP) is -0.461. The fraction of sp³-hybridized carbons (Fsp3) is 0.700. The van der Waals surface area contributed by atoms with Crippen LogP contribution in [0.1, 0.15) is 30.7 Å². The number of aliphatic hydroxyl groups excluding tert-OH is 1. The van der Waals surface area contributed by atoms with Crippen LogP contribution in [-0.2, 0) is 4.74 Å². The summed E-state index contributed by atoms with van der Waals surface area (Å²) in [6, 6.07) is 0. The highest BCUT2D eigenvalue weighted by molar-refractivity contribution is 5.88. The molecule has 2 rings (SSSR count). The molecule has 1 aliphatic rings. The molecule has 1 saturated heterocycles. The van der Waals surface area contributed by atoms with E-state index in [0.29, 0.717) is 0 Å². The summed E-state index contributed by atoms with van der Waals surface area (Å²) >= 11 is 0. The van der Waals surface area contributed by atoms with Gasteiger partial charge in [0.25, 0.3) is 5.91 Å². The van der Waals surface area contributed by atoms with Gasteiger partial charge in [-0.1, -0.05) is 13.8 Å². The maximum atomic E-state index is 10.9. The van der Waals surface area contributed by atoms with Gasteiger partial charge < -0.3 is 15.6 Å². The summed E-state index contributed by atoms with van der Waals surface area (Å²) in [5.41, 5.74) is 5.08. The molecular weight excluding hydrogens is 224 g/mol. The number of nitrogens with two attached hydrogens (primary N) is 1. The lowest BCUT2D eigenvalue weighted by Gasteiger charge is -2.15. The Bertz CT molecular complexity index is 419. The molecule has 0 radical (unpaired) electrons. The number of amides is 1. The second-order valence-corrected chi connectivity index (χ2v) is 4.38. The van der Waals surface area contributed by atoms with E-state index in [1.807, 2.05) is 13.8 Å². The molecule has 0 saturated carbocycles. The molecule has 1 amide bonds. The molecule has 1 aromatic heterocycles. The number of carbonyl (C=O) groups excluding carboxylic acids is 1. The molecule has 4 unspecified atom stereocenters. The van der Waals surface area contributed by atoms with Crippen molar-refractivity contribution in [3.8, 4) is 0 Å². The van der Waals surface area contributed by atoms with E-state index in [9.17, 15) is 4.79 Å². The predicted molar refractivity (Wildman–Crippen MR) is 57.9 cm³/mol. The molecule has 17 heavy (non-hydrogen) atoms. The number of rotatable bonds is 3. The Labute approximate surface area is 98.6 Å². The summed E-state index contributed by atoms with van der Waals surface area (Å²) < 4.78 is 7.16. The standard InChI is InChI=1S/C10H16N4O3/c1-5-6(2)10(17-7(5)3-15)14-4-12-9(13-14)8(11)16/h4-7,10,15H,3H2,1-2H3,(H2,11,16). The molecule has 94 valence electrons. The van der Waals surface area contributed by atoms with Crippen LogP contribution in [-0.4, -0.2) is 38.5 Å². The number of primary amides is 1. The maximum Gasteiger partial charge on any atom is 0.288 e. The minimum absolute atomic E-state index is 0.0269. The van der Waals surface area contributed by atoms with Crippen LogP contribution >= 0.6 is 0 Å². The normalized spacial score (nSPS) is 32.9. The molecule has 2 heterocycles. The van der Waals surface area contributed by atoms with Gasteiger partial charge in [0.05, 0.1) is 12.7 Å². The van der Waals surface area contributed by atoms with Crippen LogP contribution in [0.4, 0.5) is 0 Å². The summed E-state index contributed by atoms with van der Waals surface area (Å²) in [6.07, 6.45) is 0.896. The number of nitrogens with zero attached hydrogens (tertiary/aromatic N) is 3. The fourth-order valence-corrected chi connectivity index (χ4v) is 2.05. The van der Waals surface area contributed by atoms with Gasteiger partial charge >= 0.3 is 0 Å². The van der Waals surface area contributed by atoms with Gasteiger partial charge in [0.1, 0.15) is 6.33 Å². The summed E-state index contributed by atoms with van der Waals surface area (Å²) in [4.78, 5) is 14.7. The SMILES string of the molecule is CC1C(CO)OC(n2cnc(C(N)=O)n2)C1C.